The molecule has 0 heterocycles. The first-order valence-corrected chi connectivity index (χ1v) is 14.8. The van der Waals surface area contributed by atoms with Gasteiger partial charge in [-0.1, -0.05) is 30.3 Å². The molecule has 3 aromatic rings. The van der Waals surface area contributed by atoms with Gasteiger partial charge in [-0.2, -0.15) is 0 Å². The van der Waals surface area contributed by atoms with E-state index in [0.29, 0.717) is 23.8 Å². The van der Waals surface area contributed by atoms with Crippen LogP contribution in [0.3, 0.4) is 0 Å². The van der Waals surface area contributed by atoms with Gasteiger partial charge in [0.2, 0.25) is 11.8 Å². The Morgan fingerprint density at radius 3 is 2.17 bits per heavy atom. The lowest BCUT2D eigenvalue weighted by Crippen LogP contribution is -2.54. The zero-order valence-corrected chi connectivity index (χ0v) is 25.3. The van der Waals surface area contributed by atoms with Crippen molar-refractivity contribution >= 4 is 27.5 Å². The molecule has 0 radical (unpaired) electrons. The number of carbonyl (C=O) groups is 2. The van der Waals surface area contributed by atoms with E-state index < -0.39 is 34.1 Å². The molecule has 0 saturated carbocycles. The van der Waals surface area contributed by atoms with Crippen LogP contribution < -0.4 is 19.1 Å². The molecule has 1 atom stereocenters. The minimum Gasteiger partial charge on any atom is -0.497 e. The van der Waals surface area contributed by atoms with Crippen LogP contribution in [0.4, 0.5) is 5.69 Å². The molecule has 0 fully saturated rings. The predicted octanol–water partition coefficient (Wildman–Crippen LogP) is 4.62. The van der Waals surface area contributed by atoms with Crippen molar-refractivity contribution in [3.8, 4) is 11.5 Å². The van der Waals surface area contributed by atoms with Crippen LogP contribution in [0.2, 0.25) is 0 Å². The number of nitrogens with one attached hydrogen (secondary N) is 1. The molecule has 220 valence electrons. The fourth-order valence-electron chi connectivity index (χ4n) is 4.15. The topological polar surface area (TPSA) is 105 Å². The molecular formula is C31H39N3O6S. The molecule has 2 amide bonds. The van der Waals surface area contributed by atoms with Gasteiger partial charge in [-0.05, 0) is 88.7 Å². The lowest BCUT2D eigenvalue weighted by molar-refractivity contribution is -0.140. The average Bonchev–Trinajstić information content (AvgIpc) is 2.94. The summed E-state index contributed by atoms with van der Waals surface area (Å²) in [7, 11) is -2.62. The van der Waals surface area contributed by atoms with Gasteiger partial charge < -0.3 is 19.7 Å². The van der Waals surface area contributed by atoms with Gasteiger partial charge in [0.05, 0.1) is 24.3 Å². The Morgan fingerprint density at radius 1 is 0.927 bits per heavy atom. The molecule has 41 heavy (non-hydrogen) atoms. The van der Waals surface area contributed by atoms with E-state index in [1.807, 2.05) is 33.8 Å². The van der Waals surface area contributed by atoms with Gasteiger partial charge in [-0.25, -0.2) is 8.42 Å². The largest absolute Gasteiger partial charge is 0.497 e. The Balaban J connectivity index is 2.01. The van der Waals surface area contributed by atoms with Gasteiger partial charge in [0, 0.05) is 12.1 Å². The Hall–Kier alpha value is -4.05. The first-order chi connectivity index (χ1) is 19.4. The lowest BCUT2D eigenvalue weighted by Gasteiger charge is -2.33. The number of anilines is 1. The van der Waals surface area contributed by atoms with Gasteiger partial charge in [-0.15, -0.1) is 0 Å². The Bertz CT molecular complexity index is 1420. The summed E-state index contributed by atoms with van der Waals surface area (Å²) in [5.74, 6) is 0.250. The standard InChI is InChI=1S/C31H39N3O6S/c1-7-40-26-16-18-28(19-17-26)41(37,38)34(25-13-9-8-10-14-25)22-29(35)33(23(2)30(36)32-31(3,4)5)21-24-12-11-15-27(20-24)39-6/h8-20,23H,7,21-22H2,1-6H3,(H,32,36)/t23-/m0/s1. The fourth-order valence-corrected chi connectivity index (χ4v) is 5.56. The van der Waals surface area contributed by atoms with Crippen LogP contribution in [0.1, 0.15) is 40.2 Å². The maximum Gasteiger partial charge on any atom is 0.264 e. The van der Waals surface area contributed by atoms with Crippen LogP contribution in [0.15, 0.2) is 83.8 Å². The molecule has 9 nitrogen and oxygen atoms in total. The van der Waals surface area contributed by atoms with Crippen LogP contribution in [0, 0.1) is 0 Å². The quantitative estimate of drug-likeness (QED) is 0.335. The first kappa shape index (κ1) is 31.5. The Kier molecular flexibility index (Phi) is 10.4. The maximum atomic E-state index is 14.0. The van der Waals surface area contributed by atoms with E-state index in [2.05, 4.69) is 5.32 Å². The Labute approximate surface area is 243 Å². The predicted molar refractivity (Wildman–Crippen MR) is 159 cm³/mol. The second kappa shape index (κ2) is 13.5. The average molecular weight is 582 g/mol. The summed E-state index contributed by atoms with van der Waals surface area (Å²) < 4.78 is 39.7. The first-order valence-electron chi connectivity index (χ1n) is 13.4. The summed E-state index contributed by atoms with van der Waals surface area (Å²) in [6.07, 6.45) is 0. The van der Waals surface area contributed by atoms with Crippen molar-refractivity contribution in [3.05, 3.63) is 84.4 Å². The van der Waals surface area contributed by atoms with E-state index in [0.717, 1.165) is 9.87 Å². The van der Waals surface area contributed by atoms with Crippen LogP contribution in [-0.2, 0) is 26.2 Å². The number of hydrogen-bond acceptors (Lipinski definition) is 6. The van der Waals surface area contributed by atoms with E-state index in [1.165, 1.54) is 17.0 Å². The van der Waals surface area contributed by atoms with Crippen molar-refractivity contribution in [2.45, 2.75) is 57.6 Å². The van der Waals surface area contributed by atoms with Crippen molar-refractivity contribution in [1.29, 1.82) is 0 Å². The van der Waals surface area contributed by atoms with Crippen molar-refractivity contribution in [2.75, 3.05) is 24.6 Å². The number of hydrogen-bond donors (Lipinski definition) is 1. The highest BCUT2D eigenvalue weighted by atomic mass is 32.2. The molecule has 3 aromatic carbocycles. The molecule has 0 aromatic heterocycles. The van der Waals surface area contributed by atoms with Crippen molar-refractivity contribution in [1.82, 2.24) is 10.2 Å². The maximum absolute atomic E-state index is 14.0. The fraction of sp³-hybridized carbons (Fsp3) is 0.355. The molecule has 0 aliphatic heterocycles. The smallest absolute Gasteiger partial charge is 0.264 e. The van der Waals surface area contributed by atoms with E-state index in [-0.39, 0.29) is 17.3 Å². The normalized spacial score (nSPS) is 12.2. The minimum atomic E-state index is -4.16. The van der Waals surface area contributed by atoms with Crippen molar-refractivity contribution in [2.24, 2.45) is 0 Å². The van der Waals surface area contributed by atoms with Crippen LogP contribution in [-0.4, -0.2) is 57.0 Å². The van der Waals surface area contributed by atoms with E-state index in [4.69, 9.17) is 9.47 Å². The van der Waals surface area contributed by atoms with Gasteiger partial charge >= 0.3 is 0 Å². The Morgan fingerprint density at radius 2 is 1.59 bits per heavy atom. The summed E-state index contributed by atoms with van der Waals surface area (Å²) in [6.45, 7) is 9.03. The van der Waals surface area contributed by atoms with Crippen molar-refractivity contribution < 1.29 is 27.5 Å². The monoisotopic (exact) mass is 581 g/mol. The highest BCUT2D eigenvalue weighted by Crippen LogP contribution is 2.26. The number of ether oxygens (including phenoxy) is 2. The number of rotatable bonds is 12. The second-order valence-corrected chi connectivity index (χ2v) is 12.4. The highest BCUT2D eigenvalue weighted by molar-refractivity contribution is 7.92. The molecule has 0 saturated heterocycles. The molecule has 1 N–H and O–H groups in total. The summed E-state index contributed by atoms with van der Waals surface area (Å²) in [5.41, 5.74) is 0.528. The summed E-state index contributed by atoms with van der Waals surface area (Å²) >= 11 is 0. The van der Waals surface area contributed by atoms with Gasteiger partial charge in [0.1, 0.15) is 24.1 Å². The SMILES string of the molecule is CCOc1ccc(S(=O)(=O)N(CC(=O)N(Cc2cccc(OC)c2)[C@@H](C)C(=O)NC(C)(C)C)c2ccccc2)cc1. The zero-order chi connectivity index (χ0) is 30.2. The van der Waals surface area contributed by atoms with E-state index in [9.17, 15) is 18.0 Å². The summed E-state index contributed by atoms with van der Waals surface area (Å²) in [4.78, 5) is 28.6. The molecule has 10 heteroatoms. The van der Waals surface area contributed by atoms with Gasteiger partial charge in [0.25, 0.3) is 10.0 Å². The second-order valence-electron chi connectivity index (χ2n) is 10.5. The third kappa shape index (κ3) is 8.47. The lowest BCUT2D eigenvalue weighted by atomic mass is 10.1. The molecule has 3 rings (SSSR count). The van der Waals surface area contributed by atoms with Crippen LogP contribution >= 0.6 is 0 Å². The number of carbonyl (C=O) groups excluding carboxylic acids is 2. The van der Waals surface area contributed by atoms with E-state index in [1.54, 1.807) is 74.7 Å². The van der Waals surface area contributed by atoms with Crippen LogP contribution in [0.5, 0.6) is 11.5 Å². The molecule has 0 aliphatic carbocycles. The van der Waals surface area contributed by atoms with Crippen LogP contribution in [0.25, 0.3) is 0 Å². The van der Waals surface area contributed by atoms with Gasteiger partial charge in [0.15, 0.2) is 0 Å². The number of sulfonamides is 1. The molecule has 0 bridgehead atoms. The summed E-state index contributed by atoms with van der Waals surface area (Å²) in [5, 5.41) is 2.92. The number of para-hydroxylation sites is 1. The number of methoxy groups -OCH3 is 1. The third-order valence-electron chi connectivity index (χ3n) is 6.20. The minimum absolute atomic E-state index is 0.00970. The third-order valence-corrected chi connectivity index (χ3v) is 7.99. The highest BCUT2D eigenvalue weighted by Gasteiger charge is 2.33. The summed E-state index contributed by atoms with van der Waals surface area (Å²) in [6, 6.07) is 20.8. The molecular weight excluding hydrogens is 542 g/mol. The van der Waals surface area contributed by atoms with E-state index >= 15 is 0 Å². The zero-order valence-electron chi connectivity index (χ0n) is 24.5. The molecule has 0 spiro atoms. The number of nitrogens with zero attached hydrogens (tertiary/aromatic N) is 2. The number of benzene rings is 3. The molecule has 0 aliphatic rings. The van der Waals surface area contributed by atoms with Gasteiger partial charge in [-0.3, -0.25) is 13.9 Å². The van der Waals surface area contributed by atoms with Crippen molar-refractivity contribution in [3.63, 3.8) is 0 Å². The molecule has 0 unspecified atom stereocenters. The number of amides is 2.